The largest absolute Gasteiger partial charge is 0.497 e. The summed E-state index contributed by atoms with van der Waals surface area (Å²) in [5, 5.41) is 0. The predicted octanol–water partition coefficient (Wildman–Crippen LogP) is 5.22. The van der Waals surface area contributed by atoms with Crippen LogP contribution in [0.4, 0.5) is 0 Å². The van der Waals surface area contributed by atoms with Crippen molar-refractivity contribution in [3.8, 4) is 0 Å². The zero-order valence-electron chi connectivity index (χ0n) is 15.3. The summed E-state index contributed by atoms with van der Waals surface area (Å²) in [6.07, 6.45) is 4.19. The molecule has 0 bridgehead atoms. The molecule has 0 saturated heterocycles. The highest BCUT2D eigenvalue weighted by molar-refractivity contribution is 5.86. The Morgan fingerprint density at radius 2 is 1.54 bits per heavy atom. The third kappa shape index (κ3) is 7.63. The maximum absolute atomic E-state index is 11.5. The van der Waals surface area contributed by atoms with E-state index in [0.29, 0.717) is 17.8 Å². The van der Waals surface area contributed by atoms with Gasteiger partial charge in [-0.3, -0.25) is 0 Å². The van der Waals surface area contributed by atoms with E-state index in [1.54, 1.807) is 20.1 Å². The Morgan fingerprint density at radius 3 is 2.00 bits per heavy atom. The number of ether oxygens (including phenoxy) is 2. The van der Waals surface area contributed by atoms with Crippen molar-refractivity contribution < 1.29 is 14.3 Å². The van der Waals surface area contributed by atoms with Crippen LogP contribution < -0.4 is 0 Å². The molecule has 0 aromatic rings. The zero-order chi connectivity index (χ0) is 18.9. The minimum atomic E-state index is -0.414. The highest BCUT2D eigenvalue weighted by Gasteiger charge is 2.11. The fourth-order valence-electron chi connectivity index (χ4n) is 1.83. The normalized spacial score (nSPS) is 11.5. The van der Waals surface area contributed by atoms with Gasteiger partial charge in [0.05, 0.1) is 13.7 Å². The molecular weight excluding hydrogens is 300 g/mol. The van der Waals surface area contributed by atoms with Crippen molar-refractivity contribution in [2.45, 2.75) is 27.2 Å². The Morgan fingerprint density at radius 1 is 0.958 bits per heavy atom. The van der Waals surface area contributed by atoms with E-state index in [9.17, 15) is 4.79 Å². The van der Waals surface area contributed by atoms with Gasteiger partial charge in [-0.15, -0.1) is 0 Å². The molecule has 0 saturated carbocycles. The molecule has 0 unspecified atom stereocenters. The molecule has 0 rings (SSSR count). The number of hydrogen-bond acceptors (Lipinski definition) is 3. The second-order valence-corrected chi connectivity index (χ2v) is 5.64. The monoisotopic (exact) mass is 328 g/mol. The molecule has 0 aliphatic carbocycles. The number of carbonyl (C=O) groups is 1. The predicted molar refractivity (Wildman–Crippen MR) is 101 cm³/mol. The number of allylic oxidation sites excluding steroid dienone is 6. The number of methoxy groups -OCH3 is 1. The van der Waals surface area contributed by atoms with Crippen LogP contribution in [0.25, 0.3) is 0 Å². The quantitative estimate of drug-likeness (QED) is 0.239. The van der Waals surface area contributed by atoms with Crippen molar-refractivity contribution in [3.05, 3.63) is 84.2 Å². The van der Waals surface area contributed by atoms with Gasteiger partial charge in [0.2, 0.25) is 0 Å². The van der Waals surface area contributed by atoms with E-state index in [0.717, 1.165) is 27.9 Å². The summed E-state index contributed by atoms with van der Waals surface area (Å²) in [4.78, 5) is 11.5. The third-order valence-corrected chi connectivity index (χ3v) is 3.24. The molecule has 0 amide bonds. The van der Waals surface area contributed by atoms with Gasteiger partial charge in [-0.2, -0.15) is 0 Å². The molecule has 3 nitrogen and oxygen atoms in total. The lowest BCUT2D eigenvalue weighted by atomic mass is 9.92. The minimum absolute atomic E-state index is 0.212. The molecule has 0 aromatic heterocycles. The van der Waals surface area contributed by atoms with Crippen molar-refractivity contribution in [1.29, 1.82) is 0 Å². The fraction of sp³-hybridized carbons (Fsp3) is 0.286. The Hall–Kier alpha value is -2.55. The van der Waals surface area contributed by atoms with Gasteiger partial charge in [0, 0.05) is 12.0 Å². The number of rotatable bonds is 10. The van der Waals surface area contributed by atoms with Crippen molar-refractivity contribution >= 4 is 5.97 Å². The Balaban J connectivity index is 5.24. The van der Waals surface area contributed by atoms with Crippen LogP contribution in [0.3, 0.4) is 0 Å². The second kappa shape index (κ2) is 10.3. The van der Waals surface area contributed by atoms with Gasteiger partial charge in [-0.05, 0) is 49.1 Å². The van der Waals surface area contributed by atoms with Crippen molar-refractivity contribution in [3.63, 3.8) is 0 Å². The fourth-order valence-corrected chi connectivity index (χ4v) is 1.83. The first-order valence-corrected chi connectivity index (χ1v) is 7.59. The first kappa shape index (κ1) is 21.4. The van der Waals surface area contributed by atoms with E-state index in [2.05, 4.69) is 32.9 Å². The van der Waals surface area contributed by atoms with Crippen molar-refractivity contribution in [2.24, 2.45) is 0 Å². The van der Waals surface area contributed by atoms with Crippen LogP contribution >= 0.6 is 0 Å². The Labute approximate surface area is 146 Å². The number of esters is 1. The van der Waals surface area contributed by atoms with Gasteiger partial charge >= 0.3 is 5.97 Å². The van der Waals surface area contributed by atoms with Crippen LogP contribution in [0, 0.1) is 0 Å². The summed E-state index contributed by atoms with van der Waals surface area (Å²) in [6.45, 7) is 25.1. The molecule has 0 aliphatic rings. The zero-order valence-corrected chi connectivity index (χ0v) is 15.3. The number of hydrogen-bond donors (Lipinski definition) is 0. The van der Waals surface area contributed by atoms with E-state index in [1.807, 2.05) is 19.9 Å². The van der Waals surface area contributed by atoms with Crippen LogP contribution in [0.1, 0.15) is 27.2 Å². The minimum Gasteiger partial charge on any atom is -0.497 e. The SMILES string of the molecule is C=C(C)/C=C(/C)C(=C)C(=C)/C(=C\C(=C)OC)CCOC(=O)C(=C)C. The number of carbonyl (C=O) groups excluding carboxylic acids is 1. The average Bonchev–Trinajstić information content (AvgIpc) is 2.51. The first-order valence-electron chi connectivity index (χ1n) is 7.59. The molecule has 0 atom stereocenters. The summed E-state index contributed by atoms with van der Waals surface area (Å²) in [5.41, 5.74) is 4.65. The molecule has 130 valence electrons. The smallest absolute Gasteiger partial charge is 0.333 e. The molecule has 24 heavy (non-hydrogen) atoms. The third-order valence-electron chi connectivity index (χ3n) is 3.24. The highest BCUT2D eigenvalue weighted by atomic mass is 16.5. The highest BCUT2D eigenvalue weighted by Crippen LogP contribution is 2.26. The van der Waals surface area contributed by atoms with E-state index < -0.39 is 5.97 Å². The van der Waals surface area contributed by atoms with Crippen LogP contribution in [0.2, 0.25) is 0 Å². The van der Waals surface area contributed by atoms with Crippen LogP contribution in [-0.4, -0.2) is 19.7 Å². The van der Waals surface area contributed by atoms with E-state index in [-0.39, 0.29) is 6.61 Å². The van der Waals surface area contributed by atoms with Gasteiger partial charge in [0.1, 0.15) is 5.76 Å². The molecule has 0 fully saturated rings. The molecular formula is C21H28O3. The van der Waals surface area contributed by atoms with Gasteiger partial charge in [-0.25, -0.2) is 4.79 Å². The lowest BCUT2D eigenvalue weighted by Gasteiger charge is -2.15. The van der Waals surface area contributed by atoms with Crippen LogP contribution in [-0.2, 0) is 14.3 Å². The lowest BCUT2D eigenvalue weighted by molar-refractivity contribution is -0.138. The summed E-state index contributed by atoms with van der Waals surface area (Å²) in [6, 6.07) is 0. The molecule has 0 aromatic carbocycles. The summed E-state index contributed by atoms with van der Waals surface area (Å²) in [5.74, 6) is 0.0782. The molecule has 0 spiro atoms. The topological polar surface area (TPSA) is 35.5 Å². The molecule has 0 aliphatic heterocycles. The second-order valence-electron chi connectivity index (χ2n) is 5.64. The summed E-state index contributed by atoms with van der Waals surface area (Å²) in [7, 11) is 1.54. The molecule has 0 N–H and O–H groups in total. The van der Waals surface area contributed by atoms with Gasteiger partial charge in [0.25, 0.3) is 0 Å². The van der Waals surface area contributed by atoms with Gasteiger partial charge in [0.15, 0.2) is 0 Å². The maximum Gasteiger partial charge on any atom is 0.333 e. The summed E-state index contributed by atoms with van der Waals surface area (Å²) < 4.78 is 10.3. The average molecular weight is 328 g/mol. The van der Waals surface area contributed by atoms with E-state index in [1.165, 1.54) is 0 Å². The van der Waals surface area contributed by atoms with E-state index >= 15 is 0 Å². The lowest BCUT2D eigenvalue weighted by Crippen LogP contribution is -2.08. The van der Waals surface area contributed by atoms with Crippen LogP contribution in [0.15, 0.2) is 84.2 Å². The Kier molecular flexibility index (Phi) is 9.18. The van der Waals surface area contributed by atoms with E-state index in [4.69, 9.17) is 9.47 Å². The molecule has 3 heteroatoms. The van der Waals surface area contributed by atoms with Crippen molar-refractivity contribution in [2.75, 3.05) is 13.7 Å². The van der Waals surface area contributed by atoms with Crippen molar-refractivity contribution in [1.82, 2.24) is 0 Å². The Bertz CT molecular complexity index is 627. The first-order chi connectivity index (χ1) is 11.1. The molecule has 0 heterocycles. The van der Waals surface area contributed by atoms with Gasteiger partial charge < -0.3 is 9.47 Å². The molecule has 0 radical (unpaired) electrons. The summed E-state index contributed by atoms with van der Waals surface area (Å²) >= 11 is 0. The standard InChI is InChI=1S/C21H28O3/c1-14(2)12-16(5)18(7)19(8)20(13-17(6)23-9)10-11-24-21(22)15(3)4/h12-13H,1,3,6-8,10-11H2,2,4-5,9H3/b16-12-,20-13-. The van der Waals surface area contributed by atoms with Crippen LogP contribution in [0.5, 0.6) is 0 Å². The van der Waals surface area contributed by atoms with Gasteiger partial charge in [-0.1, -0.05) is 44.5 Å². The maximum atomic E-state index is 11.5.